The molecule has 2 N–H and O–H groups in total. The predicted molar refractivity (Wildman–Crippen MR) is 100 cm³/mol. The minimum Gasteiger partial charge on any atom is -0.339 e. The van der Waals surface area contributed by atoms with Crippen LogP contribution in [0.2, 0.25) is 0 Å². The van der Waals surface area contributed by atoms with E-state index in [1.54, 1.807) is 12.1 Å². The van der Waals surface area contributed by atoms with Crippen molar-refractivity contribution >= 4 is 23.1 Å². The normalized spacial score (nSPS) is 10.6. The maximum absolute atomic E-state index is 13.2. The van der Waals surface area contributed by atoms with Crippen LogP contribution in [0, 0.1) is 5.82 Å². The number of rotatable bonds is 5. The van der Waals surface area contributed by atoms with Crippen LogP contribution in [0.25, 0.3) is 0 Å². The Morgan fingerprint density at radius 1 is 1.04 bits per heavy atom. The smallest absolute Gasteiger partial charge is 0.275 e. The molecular formula is C20H19FN4O. The molecule has 0 saturated carbocycles. The monoisotopic (exact) mass is 350 g/mol. The summed E-state index contributed by atoms with van der Waals surface area (Å²) in [6.45, 7) is 4.13. The predicted octanol–water partition coefficient (Wildman–Crippen LogP) is 4.74. The molecule has 1 aromatic heterocycles. The van der Waals surface area contributed by atoms with Gasteiger partial charge in [-0.25, -0.2) is 14.4 Å². The van der Waals surface area contributed by atoms with Crippen LogP contribution in [0.15, 0.2) is 60.9 Å². The van der Waals surface area contributed by atoms with Crippen molar-refractivity contribution in [3.63, 3.8) is 0 Å². The number of nitrogens with zero attached hydrogens (tertiary/aromatic N) is 2. The zero-order chi connectivity index (χ0) is 18.5. The Balaban J connectivity index is 1.71. The number of anilines is 3. The van der Waals surface area contributed by atoms with Crippen molar-refractivity contribution in [1.29, 1.82) is 0 Å². The molecule has 0 atom stereocenters. The lowest BCUT2D eigenvalue weighted by Crippen LogP contribution is -2.15. The highest BCUT2D eigenvalue weighted by atomic mass is 19.1. The van der Waals surface area contributed by atoms with E-state index in [4.69, 9.17) is 0 Å². The molecule has 0 aliphatic rings. The summed E-state index contributed by atoms with van der Waals surface area (Å²) in [5, 5.41) is 5.81. The molecular weight excluding hydrogens is 331 g/mol. The van der Waals surface area contributed by atoms with Gasteiger partial charge >= 0.3 is 0 Å². The molecule has 0 unspecified atom stereocenters. The summed E-state index contributed by atoms with van der Waals surface area (Å²) >= 11 is 0. The third-order valence-electron chi connectivity index (χ3n) is 3.81. The van der Waals surface area contributed by atoms with Gasteiger partial charge in [0.05, 0.1) is 12.4 Å². The molecule has 0 spiro atoms. The number of carbonyl (C=O) groups excluding carboxylic acids is 1. The molecule has 0 aliphatic carbocycles. The maximum Gasteiger partial charge on any atom is 0.275 e. The van der Waals surface area contributed by atoms with Crippen molar-refractivity contribution in [2.75, 3.05) is 10.6 Å². The first-order valence-corrected chi connectivity index (χ1v) is 8.28. The number of benzene rings is 2. The first kappa shape index (κ1) is 17.5. The summed E-state index contributed by atoms with van der Waals surface area (Å²) < 4.78 is 13.2. The van der Waals surface area contributed by atoms with Crippen LogP contribution in [0.4, 0.5) is 21.6 Å². The summed E-state index contributed by atoms with van der Waals surface area (Å²) in [5.74, 6) is 0.0378. The van der Waals surface area contributed by atoms with Gasteiger partial charge in [0.25, 0.3) is 5.91 Å². The molecule has 132 valence electrons. The van der Waals surface area contributed by atoms with Gasteiger partial charge in [-0.15, -0.1) is 0 Å². The van der Waals surface area contributed by atoms with Crippen LogP contribution >= 0.6 is 0 Å². The first-order chi connectivity index (χ1) is 12.5. The molecule has 0 aliphatic heterocycles. The second-order valence-corrected chi connectivity index (χ2v) is 6.12. The van der Waals surface area contributed by atoms with Crippen molar-refractivity contribution in [2.45, 2.75) is 19.8 Å². The molecule has 0 radical (unpaired) electrons. The highest BCUT2D eigenvalue weighted by molar-refractivity contribution is 6.03. The van der Waals surface area contributed by atoms with Crippen LogP contribution < -0.4 is 10.6 Å². The number of para-hydroxylation sites is 1. The molecule has 5 nitrogen and oxygen atoms in total. The Bertz CT molecular complexity index is 910. The second-order valence-electron chi connectivity index (χ2n) is 6.12. The Morgan fingerprint density at radius 3 is 2.54 bits per heavy atom. The summed E-state index contributed by atoms with van der Waals surface area (Å²) in [6, 6.07) is 13.7. The van der Waals surface area contributed by atoms with E-state index in [0.717, 1.165) is 11.3 Å². The molecule has 1 amide bonds. The largest absolute Gasteiger partial charge is 0.339 e. The van der Waals surface area contributed by atoms with E-state index in [1.807, 2.05) is 24.3 Å². The molecule has 0 bridgehead atoms. The van der Waals surface area contributed by atoms with Crippen molar-refractivity contribution in [2.24, 2.45) is 0 Å². The van der Waals surface area contributed by atoms with Gasteiger partial charge < -0.3 is 10.6 Å². The highest BCUT2D eigenvalue weighted by Gasteiger charge is 2.12. The van der Waals surface area contributed by atoms with E-state index in [1.165, 1.54) is 24.5 Å². The fourth-order valence-electron chi connectivity index (χ4n) is 2.52. The van der Waals surface area contributed by atoms with E-state index in [-0.39, 0.29) is 23.3 Å². The quantitative estimate of drug-likeness (QED) is 0.698. The van der Waals surface area contributed by atoms with E-state index < -0.39 is 0 Å². The number of amides is 1. The molecule has 1 heterocycles. The average Bonchev–Trinajstić information content (AvgIpc) is 2.62. The zero-order valence-electron chi connectivity index (χ0n) is 14.5. The van der Waals surface area contributed by atoms with Crippen LogP contribution in [-0.4, -0.2) is 15.9 Å². The van der Waals surface area contributed by atoms with Crippen LogP contribution in [0.1, 0.15) is 35.8 Å². The van der Waals surface area contributed by atoms with Gasteiger partial charge in [0.15, 0.2) is 0 Å². The Hall–Kier alpha value is -3.28. The fraction of sp³-hybridized carbons (Fsp3) is 0.150. The Morgan fingerprint density at radius 2 is 1.85 bits per heavy atom. The fourth-order valence-corrected chi connectivity index (χ4v) is 2.52. The van der Waals surface area contributed by atoms with E-state index in [9.17, 15) is 9.18 Å². The van der Waals surface area contributed by atoms with Gasteiger partial charge in [0, 0.05) is 11.4 Å². The second kappa shape index (κ2) is 7.74. The number of aromatic nitrogens is 2. The standard InChI is InChI=1S/C20H19FN4O/c1-13(2)16-8-3-4-9-17(16)25-20(26)18-11-23-19(12-22-18)24-15-7-5-6-14(21)10-15/h3-13H,1-2H3,(H,23,24)(H,25,26). The van der Waals surface area contributed by atoms with Crippen molar-refractivity contribution in [3.05, 3.63) is 78.0 Å². The van der Waals surface area contributed by atoms with Gasteiger partial charge in [0.2, 0.25) is 0 Å². The lowest BCUT2D eigenvalue weighted by Gasteiger charge is -2.13. The van der Waals surface area contributed by atoms with E-state index in [0.29, 0.717) is 11.5 Å². The lowest BCUT2D eigenvalue weighted by atomic mass is 10.0. The van der Waals surface area contributed by atoms with Gasteiger partial charge in [0.1, 0.15) is 17.3 Å². The molecule has 3 aromatic rings. The molecule has 2 aromatic carbocycles. The summed E-state index contributed by atoms with van der Waals surface area (Å²) in [7, 11) is 0. The maximum atomic E-state index is 13.2. The van der Waals surface area contributed by atoms with Crippen LogP contribution in [0.5, 0.6) is 0 Å². The summed E-state index contributed by atoms with van der Waals surface area (Å²) in [4.78, 5) is 20.7. The SMILES string of the molecule is CC(C)c1ccccc1NC(=O)c1cnc(Nc2cccc(F)c2)cn1. The number of hydrogen-bond donors (Lipinski definition) is 2. The topological polar surface area (TPSA) is 66.9 Å². The van der Waals surface area contributed by atoms with Crippen LogP contribution in [-0.2, 0) is 0 Å². The van der Waals surface area contributed by atoms with Gasteiger partial charge in [-0.05, 0) is 35.7 Å². The molecule has 6 heteroatoms. The van der Waals surface area contributed by atoms with E-state index in [2.05, 4.69) is 34.4 Å². The third kappa shape index (κ3) is 4.22. The van der Waals surface area contributed by atoms with Gasteiger partial charge in [-0.3, -0.25) is 4.79 Å². The molecule has 3 rings (SSSR count). The first-order valence-electron chi connectivity index (χ1n) is 8.28. The third-order valence-corrected chi connectivity index (χ3v) is 3.81. The minimum absolute atomic E-state index is 0.202. The number of nitrogens with one attached hydrogen (secondary N) is 2. The summed E-state index contributed by atoms with van der Waals surface area (Å²) in [5.41, 5.74) is 2.57. The van der Waals surface area contributed by atoms with E-state index >= 15 is 0 Å². The Labute approximate surface area is 151 Å². The zero-order valence-corrected chi connectivity index (χ0v) is 14.5. The van der Waals surface area contributed by atoms with Crippen molar-refractivity contribution in [1.82, 2.24) is 9.97 Å². The molecule has 26 heavy (non-hydrogen) atoms. The number of hydrogen-bond acceptors (Lipinski definition) is 4. The van der Waals surface area contributed by atoms with Gasteiger partial charge in [-0.2, -0.15) is 0 Å². The number of carbonyl (C=O) groups is 1. The number of halogens is 1. The van der Waals surface area contributed by atoms with Crippen LogP contribution in [0.3, 0.4) is 0 Å². The minimum atomic E-state index is -0.345. The average molecular weight is 350 g/mol. The highest BCUT2D eigenvalue weighted by Crippen LogP contribution is 2.24. The Kier molecular flexibility index (Phi) is 5.22. The molecule has 0 fully saturated rings. The summed E-state index contributed by atoms with van der Waals surface area (Å²) in [6.07, 6.45) is 2.82. The van der Waals surface area contributed by atoms with Gasteiger partial charge in [-0.1, -0.05) is 38.1 Å². The molecule has 0 saturated heterocycles. The van der Waals surface area contributed by atoms with Crippen molar-refractivity contribution < 1.29 is 9.18 Å². The lowest BCUT2D eigenvalue weighted by molar-refractivity contribution is 0.102. The van der Waals surface area contributed by atoms with Crippen molar-refractivity contribution in [3.8, 4) is 0 Å².